The van der Waals surface area contributed by atoms with Gasteiger partial charge in [0.1, 0.15) is 6.61 Å². The average molecular weight is 513 g/mol. The fourth-order valence-corrected chi connectivity index (χ4v) is 3.22. The standard InChI is InChI=1S/C26H27F3N6O2/c1-6-22(26(27,28)29)12-7-18(2)37-17-24-23(15-32-34(24)4)25(36-5)33-19(3)21-10-8-20(9-11-21)16-35-30-13-14-31-35/h6-15H,1,3,16-17H2,2,4-5H3/b18-7+,22-12+,33-25?. The number of allylic oxidation sites excluding steroid dienone is 5. The summed E-state index contributed by atoms with van der Waals surface area (Å²) in [4.78, 5) is 6.12. The van der Waals surface area contributed by atoms with Crippen LogP contribution in [0.25, 0.3) is 5.70 Å². The van der Waals surface area contributed by atoms with Crippen LogP contribution in [0.3, 0.4) is 0 Å². The maximum absolute atomic E-state index is 12.9. The van der Waals surface area contributed by atoms with E-state index in [1.165, 1.54) is 13.2 Å². The average Bonchev–Trinajstić information content (AvgIpc) is 3.50. The zero-order chi connectivity index (χ0) is 27.0. The molecule has 0 saturated carbocycles. The number of hydrogen-bond acceptors (Lipinski definition) is 6. The fraction of sp³-hybridized carbons (Fsp3) is 0.231. The molecule has 0 N–H and O–H groups in total. The first-order chi connectivity index (χ1) is 17.6. The van der Waals surface area contributed by atoms with Crippen molar-refractivity contribution in [3.05, 3.63) is 108 Å². The van der Waals surface area contributed by atoms with E-state index in [4.69, 9.17) is 9.47 Å². The second kappa shape index (κ2) is 12.0. The van der Waals surface area contributed by atoms with Gasteiger partial charge in [0.25, 0.3) is 0 Å². The smallest absolute Gasteiger partial charge is 0.416 e. The molecule has 0 saturated heterocycles. The molecule has 194 valence electrons. The Morgan fingerprint density at radius 2 is 1.78 bits per heavy atom. The van der Waals surface area contributed by atoms with Crippen molar-refractivity contribution in [2.45, 2.75) is 26.3 Å². The van der Waals surface area contributed by atoms with E-state index in [2.05, 4.69) is 33.4 Å². The largest absolute Gasteiger partial charge is 0.492 e. The third-order valence-corrected chi connectivity index (χ3v) is 5.28. The Balaban J connectivity index is 1.74. The van der Waals surface area contributed by atoms with Gasteiger partial charge in [0.15, 0.2) is 0 Å². The van der Waals surface area contributed by atoms with Gasteiger partial charge in [0, 0.05) is 7.05 Å². The van der Waals surface area contributed by atoms with Gasteiger partial charge in [-0.05, 0) is 30.2 Å². The molecule has 3 aromatic rings. The van der Waals surface area contributed by atoms with Gasteiger partial charge >= 0.3 is 6.18 Å². The number of aliphatic imine (C=N–C) groups is 1. The first-order valence-electron chi connectivity index (χ1n) is 11.1. The van der Waals surface area contributed by atoms with E-state index in [-0.39, 0.29) is 18.3 Å². The van der Waals surface area contributed by atoms with Crippen LogP contribution < -0.4 is 0 Å². The highest BCUT2D eigenvalue weighted by Gasteiger charge is 2.30. The van der Waals surface area contributed by atoms with Crippen LogP contribution in [-0.4, -0.2) is 44.0 Å². The minimum atomic E-state index is -4.49. The van der Waals surface area contributed by atoms with E-state index >= 15 is 0 Å². The van der Waals surface area contributed by atoms with Crippen LogP contribution in [-0.2, 0) is 29.7 Å². The molecule has 0 aliphatic rings. The third-order valence-electron chi connectivity index (χ3n) is 5.28. The van der Waals surface area contributed by atoms with Gasteiger partial charge in [-0.1, -0.05) is 43.5 Å². The van der Waals surface area contributed by atoms with Crippen molar-refractivity contribution in [3.63, 3.8) is 0 Å². The molecule has 0 radical (unpaired) electrons. The molecule has 0 spiro atoms. The van der Waals surface area contributed by atoms with Gasteiger partial charge < -0.3 is 9.47 Å². The summed E-state index contributed by atoms with van der Waals surface area (Å²) in [6.07, 6.45) is 3.23. The molecule has 3 rings (SSSR count). The Kier molecular flexibility index (Phi) is 8.83. The molecule has 37 heavy (non-hydrogen) atoms. The topological polar surface area (TPSA) is 79.3 Å². The lowest BCUT2D eigenvalue weighted by Gasteiger charge is -2.11. The summed E-state index contributed by atoms with van der Waals surface area (Å²) in [6.45, 7) is 9.38. The van der Waals surface area contributed by atoms with E-state index in [9.17, 15) is 13.2 Å². The molecular formula is C26H27F3N6O2. The normalized spacial score (nSPS) is 13.0. The Labute approximate surface area is 212 Å². The second-order valence-corrected chi connectivity index (χ2v) is 7.84. The number of ether oxygens (including phenoxy) is 2. The van der Waals surface area contributed by atoms with E-state index in [0.29, 0.717) is 23.5 Å². The van der Waals surface area contributed by atoms with Gasteiger partial charge in [-0.2, -0.15) is 33.3 Å². The predicted octanol–water partition coefficient (Wildman–Crippen LogP) is 5.22. The number of methoxy groups -OCH3 is 1. The maximum atomic E-state index is 12.9. The van der Waals surface area contributed by atoms with Crippen molar-refractivity contribution in [3.8, 4) is 0 Å². The van der Waals surface area contributed by atoms with Crippen LogP contribution in [0.5, 0.6) is 0 Å². The molecule has 0 amide bonds. The lowest BCUT2D eigenvalue weighted by Crippen LogP contribution is -2.10. The van der Waals surface area contributed by atoms with Crippen LogP contribution in [0.15, 0.2) is 90.6 Å². The predicted molar refractivity (Wildman–Crippen MR) is 134 cm³/mol. The Hall–Kier alpha value is -4.41. The van der Waals surface area contributed by atoms with Crippen molar-refractivity contribution < 1.29 is 22.6 Å². The van der Waals surface area contributed by atoms with Crippen LogP contribution in [0.4, 0.5) is 13.2 Å². The SMILES string of the molecule is C=C/C(=C\C=C(/C)OCc1c(C(=NC(=C)c2ccc(Cn3nccn3)cc2)OC)cnn1C)C(F)(F)F. The minimum absolute atomic E-state index is 0.0302. The molecule has 8 nitrogen and oxygen atoms in total. The van der Waals surface area contributed by atoms with Gasteiger partial charge in [-0.25, -0.2) is 4.99 Å². The number of aryl methyl sites for hydroxylation is 1. The van der Waals surface area contributed by atoms with Crippen LogP contribution in [0.2, 0.25) is 0 Å². The summed E-state index contributed by atoms with van der Waals surface area (Å²) in [7, 11) is 3.20. The number of rotatable bonds is 10. The highest BCUT2D eigenvalue weighted by atomic mass is 19.4. The quantitative estimate of drug-likeness (QED) is 0.161. The van der Waals surface area contributed by atoms with E-state index in [1.54, 1.807) is 42.0 Å². The molecular weight excluding hydrogens is 485 g/mol. The number of benzene rings is 1. The van der Waals surface area contributed by atoms with E-state index < -0.39 is 11.7 Å². The molecule has 0 fully saturated rings. The molecule has 0 atom stereocenters. The number of nitrogens with zero attached hydrogens (tertiary/aromatic N) is 6. The van der Waals surface area contributed by atoms with Gasteiger partial charge in [0.05, 0.1) is 60.5 Å². The lowest BCUT2D eigenvalue weighted by molar-refractivity contribution is -0.0881. The summed E-state index contributed by atoms with van der Waals surface area (Å²) in [6, 6.07) is 7.67. The summed E-state index contributed by atoms with van der Waals surface area (Å²) in [5, 5.41) is 12.4. The molecule has 0 aliphatic heterocycles. The molecule has 11 heteroatoms. The summed E-state index contributed by atoms with van der Waals surface area (Å²) >= 11 is 0. The van der Waals surface area contributed by atoms with Crippen molar-refractivity contribution in [1.29, 1.82) is 0 Å². The summed E-state index contributed by atoms with van der Waals surface area (Å²) in [5.74, 6) is 0.551. The lowest BCUT2D eigenvalue weighted by atomic mass is 10.1. The van der Waals surface area contributed by atoms with Gasteiger partial charge in [-0.3, -0.25) is 4.68 Å². The second-order valence-electron chi connectivity index (χ2n) is 7.84. The molecule has 2 aromatic heterocycles. The van der Waals surface area contributed by atoms with Crippen LogP contribution in [0.1, 0.15) is 29.3 Å². The molecule has 0 bridgehead atoms. The van der Waals surface area contributed by atoms with Crippen molar-refractivity contribution in [2.75, 3.05) is 7.11 Å². The number of alkyl halides is 3. The summed E-state index contributed by atoms with van der Waals surface area (Å²) in [5.41, 5.74) is 2.60. The number of halogens is 3. The van der Waals surface area contributed by atoms with Crippen molar-refractivity contribution in [2.24, 2.45) is 12.0 Å². The van der Waals surface area contributed by atoms with Crippen molar-refractivity contribution >= 4 is 11.6 Å². The molecule has 0 unspecified atom stereocenters. The van der Waals surface area contributed by atoms with E-state index in [0.717, 1.165) is 23.3 Å². The van der Waals surface area contributed by atoms with Crippen LogP contribution in [0, 0.1) is 0 Å². The fourth-order valence-electron chi connectivity index (χ4n) is 3.22. The maximum Gasteiger partial charge on any atom is 0.416 e. The third kappa shape index (κ3) is 7.29. The first-order valence-corrected chi connectivity index (χ1v) is 11.1. The Morgan fingerprint density at radius 1 is 1.11 bits per heavy atom. The first kappa shape index (κ1) is 27.2. The van der Waals surface area contributed by atoms with Crippen LogP contribution >= 0.6 is 0 Å². The minimum Gasteiger partial charge on any atom is -0.492 e. The highest BCUT2D eigenvalue weighted by Crippen LogP contribution is 2.26. The Bertz CT molecular complexity index is 1320. The number of hydrogen-bond donors (Lipinski definition) is 0. The number of aromatic nitrogens is 5. The van der Waals surface area contributed by atoms with E-state index in [1.807, 2.05) is 24.3 Å². The summed E-state index contributed by atoms with van der Waals surface area (Å²) < 4.78 is 51.4. The Morgan fingerprint density at radius 3 is 2.38 bits per heavy atom. The van der Waals surface area contributed by atoms with Gasteiger partial charge in [-0.15, -0.1) is 0 Å². The molecule has 0 aliphatic carbocycles. The zero-order valence-electron chi connectivity index (χ0n) is 20.7. The monoisotopic (exact) mass is 512 g/mol. The molecule has 2 heterocycles. The van der Waals surface area contributed by atoms with Crippen molar-refractivity contribution in [1.82, 2.24) is 24.8 Å². The van der Waals surface area contributed by atoms with Gasteiger partial charge in [0.2, 0.25) is 5.90 Å². The highest BCUT2D eigenvalue weighted by molar-refractivity contribution is 5.98. The zero-order valence-corrected chi connectivity index (χ0v) is 20.7. The molecule has 1 aromatic carbocycles.